The van der Waals surface area contributed by atoms with E-state index in [9.17, 15) is 5.11 Å². The van der Waals surface area contributed by atoms with Gasteiger partial charge in [0.05, 0.1) is 5.69 Å². The lowest BCUT2D eigenvalue weighted by molar-refractivity contribution is 0.478. The zero-order valence-electron chi connectivity index (χ0n) is 7.49. The van der Waals surface area contributed by atoms with Crippen LogP contribution in [0.2, 0.25) is 0 Å². The Hall–Kier alpha value is -1.96. The van der Waals surface area contributed by atoms with Crippen molar-refractivity contribution in [2.75, 3.05) is 5.73 Å². The molecular formula is C12H9NO. The molecule has 14 heavy (non-hydrogen) atoms. The Labute approximate surface area is 81.6 Å². The number of phenols is 1. The van der Waals surface area contributed by atoms with Gasteiger partial charge >= 0.3 is 0 Å². The predicted octanol–water partition coefficient (Wildman–Crippen LogP) is 2.62. The zero-order chi connectivity index (χ0) is 9.71. The third-order valence-corrected chi connectivity index (χ3v) is 2.67. The van der Waals surface area contributed by atoms with Crippen molar-refractivity contribution < 1.29 is 5.11 Å². The fourth-order valence-corrected chi connectivity index (χ4v) is 1.94. The average molecular weight is 183 g/mol. The second kappa shape index (κ2) is 2.29. The van der Waals surface area contributed by atoms with Gasteiger partial charge in [-0.15, -0.1) is 0 Å². The highest BCUT2D eigenvalue weighted by atomic mass is 16.3. The van der Waals surface area contributed by atoms with Crippen LogP contribution in [-0.2, 0) is 0 Å². The highest BCUT2D eigenvalue weighted by Gasteiger charge is 2.22. The van der Waals surface area contributed by atoms with Crippen LogP contribution in [-0.4, -0.2) is 5.11 Å². The molecule has 68 valence electrons. The summed E-state index contributed by atoms with van der Waals surface area (Å²) < 4.78 is 0. The lowest BCUT2D eigenvalue weighted by Crippen LogP contribution is -1.99. The molecule has 0 saturated heterocycles. The van der Waals surface area contributed by atoms with Gasteiger partial charge in [0.15, 0.2) is 0 Å². The van der Waals surface area contributed by atoms with E-state index in [4.69, 9.17) is 5.73 Å². The van der Waals surface area contributed by atoms with Gasteiger partial charge in [0.1, 0.15) is 5.75 Å². The predicted molar refractivity (Wildman–Crippen MR) is 56.9 cm³/mol. The summed E-state index contributed by atoms with van der Waals surface area (Å²) in [5.41, 5.74) is 10.7. The van der Waals surface area contributed by atoms with Crippen LogP contribution in [0.4, 0.5) is 5.69 Å². The molecule has 0 bridgehead atoms. The number of rotatable bonds is 0. The van der Waals surface area contributed by atoms with Crippen molar-refractivity contribution in [3.05, 3.63) is 36.4 Å². The summed E-state index contributed by atoms with van der Waals surface area (Å²) >= 11 is 0. The van der Waals surface area contributed by atoms with Crippen LogP contribution < -0.4 is 5.73 Å². The molecule has 1 aliphatic carbocycles. The van der Waals surface area contributed by atoms with E-state index in [1.54, 1.807) is 6.07 Å². The molecule has 2 heteroatoms. The molecule has 0 radical (unpaired) electrons. The van der Waals surface area contributed by atoms with Gasteiger partial charge < -0.3 is 10.8 Å². The number of benzene rings is 2. The monoisotopic (exact) mass is 183 g/mol. The average Bonchev–Trinajstić information content (AvgIpc) is 2.21. The first-order valence-corrected chi connectivity index (χ1v) is 4.49. The number of aromatic hydroxyl groups is 1. The van der Waals surface area contributed by atoms with E-state index in [2.05, 4.69) is 6.07 Å². The van der Waals surface area contributed by atoms with Crippen molar-refractivity contribution >= 4 is 5.69 Å². The van der Waals surface area contributed by atoms with Crippen molar-refractivity contribution in [3.63, 3.8) is 0 Å². The standard InChI is InChI=1S/C12H9NO/c13-11-5-9-7-3-1-2-4-8(7)10(9)6-12(11)14/h1-6,14H,13H2. The van der Waals surface area contributed by atoms with Crippen molar-refractivity contribution in [1.29, 1.82) is 0 Å². The van der Waals surface area contributed by atoms with Gasteiger partial charge in [-0.05, 0) is 34.4 Å². The lowest BCUT2D eigenvalue weighted by atomic mass is 9.80. The van der Waals surface area contributed by atoms with Crippen LogP contribution >= 0.6 is 0 Å². The normalized spacial score (nSPS) is 11.4. The number of nitrogen functional groups attached to an aromatic ring is 1. The number of nitrogens with two attached hydrogens (primary N) is 1. The van der Waals surface area contributed by atoms with E-state index in [1.165, 1.54) is 11.1 Å². The largest absolute Gasteiger partial charge is 0.506 e. The summed E-state index contributed by atoms with van der Waals surface area (Å²) in [5.74, 6) is 0.165. The van der Waals surface area contributed by atoms with E-state index in [-0.39, 0.29) is 5.75 Å². The van der Waals surface area contributed by atoms with Crippen molar-refractivity contribution in [2.45, 2.75) is 0 Å². The molecule has 0 heterocycles. The fourth-order valence-electron chi connectivity index (χ4n) is 1.94. The molecular weight excluding hydrogens is 174 g/mol. The lowest BCUT2D eigenvalue weighted by Gasteiger charge is -2.24. The van der Waals surface area contributed by atoms with Gasteiger partial charge in [-0.1, -0.05) is 24.3 Å². The maximum Gasteiger partial charge on any atom is 0.139 e. The van der Waals surface area contributed by atoms with Crippen LogP contribution in [0.3, 0.4) is 0 Å². The highest BCUT2D eigenvalue weighted by molar-refractivity contribution is 6.04. The van der Waals surface area contributed by atoms with Crippen LogP contribution in [0.5, 0.6) is 5.75 Å². The zero-order valence-corrected chi connectivity index (χ0v) is 7.49. The Morgan fingerprint density at radius 3 is 2.07 bits per heavy atom. The Balaban J connectivity index is 2.29. The second-order valence-electron chi connectivity index (χ2n) is 3.50. The van der Waals surface area contributed by atoms with Gasteiger partial charge in [0, 0.05) is 0 Å². The Morgan fingerprint density at radius 1 is 0.857 bits per heavy atom. The molecule has 1 aliphatic rings. The first-order valence-electron chi connectivity index (χ1n) is 4.49. The Bertz CT molecular complexity index is 484. The smallest absolute Gasteiger partial charge is 0.139 e. The highest BCUT2D eigenvalue weighted by Crippen LogP contribution is 2.49. The number of hydrogen-bond acceptors (Lipinski definition) is 2. The summed E-state index contributed by atoms with van der Waals surface area (Å²) in [4.78, 5) is 0. The molecule has 3 N–H and O–H groups in total. The third kappa shape index (κ3) is 0.752. The molecule has 3 rings (SSSR count). The van der Waals surface area contributed by atoms with E-state index in [0.29, 0.717) is 5.69 Å². The number of anilines is 1. The van der Waals surface area contributed by atoms with E-state index in [1.807, 2.05) is 24.3 Å². The molecule has 0 fully saturated rings. The summed E-state index contributed by atoms with van der Waals surface area (Å²) in [5, 5.41) is 9.46. The second-order valence-corrected chi connectivity index (χ2v) is 3.50. The molecule has 0 amide bonds. The first kappa shape index (κ1) is 7.44. The molecule has 0 aromatic heterocycles. The molecule has 0 saturated carbocycles. The number of fused-ring (bicyclic) bond motifs is 4. The minimum Gasteiger partial charge on any atom is -0.506 e. The fraction of sp³-hybridized carbons (Fsp3) is 0. The SMILES string of the molecule is Nc1cc2c(cc1O)-c1ccccc1-2. The summed E-state index contributed by atoms with van der Waals surface area (Å²) in [6.07, 6.45) is 0. The van der Waals surface area contributed by atoms with Gasteiger partial charge in [0.25, 0.3) is 0 Å². The Morgan fingerprint density at radius 2 is 1.43 bits per heavy atom. The maximum atomic E-state index is 9.46. The van der Waals surface area contributed by atoms with E-state index >= 15 is 0 Å². The van der Waals surface area contributed by atoms with Crippen LogP contribution in [0.25, 0.3) is 22.3 Å². The Kier molecular flexibility index (Phi) is 1.22. The van der Waals surface area contributed by atoms with Crippen molar-refractivity contribution in [1.82, 2.24) is 0 Å². The maximum absolute atomic E-state index is 9.46. The summed E-state index contributed by atoms with van der Waals surface area (Å²) in [6.45, 7) is 0. The van der Waals surface area contributed by atoms with Crippen molar-refractivity contribution in [3.8, 4) is 28.0 Å². The molecule has 0 spiro atoms. The number of phenolic OH excluding ortho intramolecular Hbond substituents is 1. The minimum absolute atomic E-state index is 0.165. The van der Waals surface area contributed by atoms with Crippen molar-refractivity contribution in [2.24, 2.45) is 0 Å². The van der Waals surface area contributed by atoms with Gasteiger partial charge in [-0.3, -0.25) is 0 Å². The molecule has 2 aromatic rings. The molecule has 2 aromatic carbocycles. The first-order chi connectivity index (χ1) is 6.77. The minimum atomic E-state index is 0.165. The number of hydrogen-bond donors (Lipinski definition) is 2. The molecule has 2 nitrogen and oxygen atoms in total. The molecule has 0 aliphatic heterocycles. The molecule has 0 atom stereocenters. The summed E-state index contributed by atoms with van der Waals surface area (Å²) in [7, 11) is 0. The third-order valence-electron chi connectivity index (χ3n) is 2.67. The van der Waals surface area contributed by atoms with E-state index in [0.717, 1.165) is 11.1 Å². The molecule has 0 unspecified atom stereocenters. The van der Waals surface area contributed by atoms with E-state index < -0.39 is 0 Å². The van der Waals surface area contributed by atoms with Gasteiger partial charge in [-0.2, -0.15) is 0 Å². The quantitative estimate of drug-likeness (QED) is 0.415. The van der Waals surface area contributed by atoms with Crippen LogP contribution in [0.15, 0.2) is 36.4 Å². The van der Waals surface area contributed by atoms with Gasteiger partial charge in [-0.25, -0.2) is 0 Å². The topological polar surface area (TPSA) is 46.2 Å². The van der Waals surface area contributed by atoms with Crippen LogP contribution in [0.1, 0.15) is 0 Å². The summed E-state index contributed by atoms with van der Waals surface area (Å²) in [6, 6.07) is 11.7. The van der Waals surface area contributed by atoms with Crippen LogP contribution in [0, 0.1) is 0 Å². The van der Waals surface area contributed by atoms with Gasteiger partial charge in [0.2, 0.25) is 0 Å².